The number of rotatable bonds is 6. The summed E-state index contributed by atoms with van der Waals surface area (Å²) in [6.45, 7) is 3.64. The van der Waals surface area contributed by atoms with E-state index in [9.17, 15) is 14.4 Å². The molecule has 0 fully saturated rings. The van der Waals surface area contributed by atoms with Gasteiger partial charge in [0.25, 0.3) is 5.91 Å². The molecule has 0 bridgehead atoms. The summed E-state index contributed by atoms with van der Waals surface area (Å²) in [7, 11) is 0. The van der Waals surface area contributed by atoms with Crippen LogP contribution in [0.2, 0.25) is 0 Å². The highest BCUT2D eigenvalue weighted by Gasteiger charge is 2.31. The SMILES string of the molecule is Cc1cc(Br)ccc1NC(=O)CNC(=O)CCN1C(=O)[C@H](C)Oc2ccccc21. The van der Waals surface area contributed by atoms with Gasteiger partial charge in [0.15, 0.2) is 6.10 Å². The lowest BCUT2D eigenvalue weighted by Crippen LogP contribution is -2.46. The highest BCUT2D eigenvalue weighted by atomic mass is 79.9. The predicted molar refractivity (Wildman–Crippen MR) is 114 cm³/mol. The number of nitrogens with zero attached hydrogens (tertiary/aromatic N) is 1. The fourth-order valence-electron chi connectivity index (χ4n) is 3.03. The number of ether oxygens (including phenoxy) is 1. The molecule has 1 aliphatic rings. The van der Waals surface area contributed by atoms with Crippen molar-refractivity contribution in [2.24, 2.45) is 0 Å². The number of benzene rings is 2. The molecule has 3 rings (SSSR count). The summed E-state index contributed by atoms with van der Waals surface area (Å²) in [6.07, 6.45) is -0.523. The maximum absolute atomic E-state index is 12.4. The zero-order chi connectivity index (χ0) is 21.0. The minimum Gasteiger partial charge on any atom is -0.479 e. The molecular formula is C21H22BrN3O4. The van der Waals surface area contributed by atoms with Crippen LogP contribution < -0.4 is 20.3 Å². The second-order valence-corrected chi connectivity index (χ2v) is 7.67. The summed E-state index contributed by atoms with van der Waals surface area (Å²) in [5.41, 5.74) is 2.25. The summed E-state index contributed by atoms with van der Waals surface area (Å²) < 4.78 is 6.51. The van der Waals surface area contributed by atoms with Gasteiger partial charge in [0.1, 0.15) is 5.75 Å². The molecule has 1 heterocycles. The molecule has 3 amide bonds. The maximum Gasteiger partial charge on any atom is 0.267 e. The van der Waals surface area contributed by atoms with Crippen molar-refractivity contribution in [3.63, 3.8) is 0 Å². The third-order valence-corrected chi connectivity index (χ3v) is 5.04. The minimum atomic E-state index is -0.604. The molecule has 29 heavy (non-hydrogen) atoms. The molecule has 0 spiro atoms. The van der Waals surface area contributed by atoms with E-state index in [1.165, 1.54) is 0 Å². The molecule has 2 aromatic rings. The van der Waals surface area contributed by atoms with Crippen LogP contribution in [0, 0.1) is 6.92 Å². The molecule has 0 aliphatic carbocycles. The number of carbonyl (C=O) groups excluding carboxylic acids is 3. The molecule has 152 valence electrons. The largest absolute Gasteiger partial charge is 0.479 e. The summed E-state index contributed by atoms with van der Waals surface area (Å²) in [5.74, 6) is -0.202. The first-order valence-corrected chi connectivity index (χ1v) is 10.0. The Labute approximate surface area is 177 Å². The van der Waals surface area contributed by atoms with Crippen molar-refractivity contribution in [1.82, 2.24) is 5.32 Å². The molecule has 7 nitrogen and oxygen atoms in total. The number of hydrogen-bond acceptors (Lipinski definition) is 4. The van der Waals surface area contributed by atoms with Gasteiger partial charge in [0, 0.05) is 23.1 Å². The van der Waals surface area contributed by atoms with E-state index in [0.29, 0.717) is 17.1 Å². The lowest BCUT2D eigenvalue weighted by molar-refractivity contribution is -0.126. The number of para-hydroxylation sites is 2. The van der Waals surface area contributed by atoms with Gasteiger partial charge in [-0.05, 0) is 49.7 Å². The van der Waals surface area contributed by atoms with E-state index in [1.807, 2.05) is 31.2 Å². The van der Waals surface area contributed by atoms with Gasteiger partial charge in [-0.1, -0.05) is 28.1 Å². The number of hydrogen-bond donors (Lipinski definition) is 2. The molecule has 8 heteroatoms. The Hall–Kier alpha value is -2.87. The van der Waals surface area contributed by atoms with Crippen LogP contribution in [0.15, 0.2) is 46.9 Å². The van der Waals surface area contributed by atoms with E-state index in [4.69, 9.17) is 4.74 Å². The number of carbonyl (C=O) groups is 3. The monoisotopic (exact) mass is 459 g/mol. The number of aryl methyl sites for hydroxylation is 1. The Morgan fingerprint density at radius 2 is 1.93 bits per heavy atom. The van der Waals surface area contributed by atoms with Crippen LogP contribution >= 0.6 is 15.9 Å². The van der Waals surface area contributed by atoms with E-state index < -0.39 is 6.10 Å². The summed E-state index contributed by atoms with van der Waals surface area (Å²) in [5, 5.41) is 5.36. The summed E-state index contributed by atoms with van der Waals surface area (Å²) in [6, 6.07) is 12.7. The number of nitrogens with one attached hydrogen (secondary N) is 2. The number of amides is 3. The molecule has 0 aromatic heterocycles. The van der Waals surface area contributed by atoms with Gasteiger partial charge in [-0.3, -0.25) is 14.4 Å². The van der Waals surface area contributed by atoms with Crippen LogP contribution in [0.25, 0.3) is 0 Å². The predicted octanol–water partition coefficient (Wildman–Crippen LogP) is 3.02. The van der Waals surface area contributed by atoms with Crippen LogP contribution in [0.1, 0.15) is 18.9 Å². The van der Waals surface area contributed by atoms with Crippen molar-refractivity contribution >= 4 is 45.0 Å². The maximum atomic E-state index is 12.4. The Bertz CT molecular complexity index is 947. The van der Waals surface area contributed by atoms with Crippen LogP contribution in [-0.2, 0) is 14.4 Å². The smallest absolute Gasteiger partial charge is 0.267 e. The van der Waals surface area contributed by atoms with E-state index in [1.54, 1.807) is 30.0 Å². The molecule has 1 atom stereocenters. The first-order chi connectivity index (χ1) is 13.8. The van der Waals surface area contributed by atoms with E-state index >= 15 is 0 Å². The fraction of sp³-hybridized carbons (Fsp3) is 0.286. The third-order valence-electron chi connectivity index (χ3n) is 4.54. The first-order valence-electron chi connectivity index (χ1n) is 9.25. The summed E-state index contributed by atoms with van der Waals surface area (Å²) >= 11 is 3.37. The molecule has 1 aliphatic heterocycles. The molecule has 0 unspecified atom stereocenters. The molecule has 2 N–H and O–H groups in total. The highest BCUT2D eigenvalue weighted by molar-refractivity contribution is 9.10. The topological polar surface area (TPSA) is 87.7 Å². The van der Waals surface area contributed by atoms with Gasteiger partial charge < -0.3 is 20.3 Å². The average Bonchev–Trinajstić information content (AvgIpc) is 2.69. The first kappa shape index (κ1) is 20.9. The fourth-order valence-corrected chi connectivity index (χ4v) is 3.51. The Kier molecular flexibility index (Phi) is 6.53. The van der Waals surface area contributed by atoms with Gasteiger partial charge in [-0.25, -0.2) is 0 Å². The third kappa shape index (κ3) is 5.14. The molecular weight excluding hydrogens is 438 g/mol. The van der Waals surface area contributed by atoms with Crippen molar-refractivity contribution in [1.29, 1.82) is 0 Å². The van der Waals surface area contributed by atoms with E-state index in [2.05, 4.69) is 26.6 Å². The van der Waals surface area contributed by atoms with E-state index in [0.717, 1.165) is 10.0 Å². The quantitative estimate of drug-likeness (QED) is 0.694. The van der Waals surface area contributed by atoms with Crippen molar-refractivity contribution in [3.05, 3.63) is 52.5 Å². The van der Waals surface area contributed by atoms with Crippen molar-refractivity contribution in [3.8, 4) is 5.75 Å². The second-order valence-electron chi connectivity index (χ2n) is 6.75. The lowest BCUT2D eigenvalue weighted by Gasteiger charge is -2.32. The summed E-state index contributed by atoms with van der Waals surface area (Å²) in [4.78, 5) is 38.3. The number of fused-ring (bicyclic) bond motifs is 1. The minimum absolute atomic E-state index is 0.0807. The molecule has 0 saturated heterocycles. The van der Waals surface area contributed by atoms with Crippen LogP contribution in [0.3, 0.4) is 0 Å². The van der Waals surface area contributed by atoms with E-state index in [-0.39, 0.29) is 37.2 Å². The van der Waals surface area contributed by atoms with Gasteiger partial charge in [0.2, 0.25) is 11.8 Å². The van der Waals surface area contributed by atoms with Crippen molar-refractivity contribution < 1.29 is 19.1 Å². The van der Waals surface area contributed by atoms with Crippen molar-refractivity contribution in [2.75, 3.05) is 23.3 Å². The number of anilines is 2. The zero-order valence-electron chi connectivity index (χ0n) is 16.2. The zero-order valence-corrected chi connectivity index (χ0v) is 17.8. The molecule has 2 aromatic carbocycles. The molecule has 0 saturated carbocycles. The highest BCUT2D eigenvalue weighted by Crippen LogP contribution is 2.33. The van der Waals surface area contributed by atoms with Crippen molar-refractivity contribution in [2.45, 2.75) is 26.4 Å². The molecule has 0 radical (unpaired) electrons. The van der Waals surface area contributed by atoms with Crippen LogP contribution in [0.4, 0.5) is 11.4 Å². The number of halogens is 1. The average molecular weight is 460 g/mol. The van der Waals surface area contributed by atoms with Gasteiger partial charge in [-0.15, -0.1) is 0 Å². The van der Waals surface area contributed by atoms with Crippen LogP contribution in [-0.4, -0.2) is 36.9 Å². The standard InChI is InChI=1S/C21H22BrN3O4/c1-13-11-15(22)7-8-16(13)24-20(27)12-23-19(26)9-10-25-17-5-3-4-6-18(17)29-14(2)21(25)28/h3-8,11,14H,9-10,12H2,1-2H3,(H,23,26)(H,24,27)/t14-/m0/s1. The lowest BCUT2D eigenvalue weighted by atomic mass is 10.1. The second kappa shape index (κ2) is 9.09. The van der Waals surface area contributed by atoms with Gasteiger partial charge in [-0.2, -0.15) is 0 Å². The normalized spacial score (nSPS) is 15.3. The van der Waals surface area contributed by atoms with Gasteiger partial charge in [0.05, 0.1) is 12.2 Å². The van der Waals surface area contributed by atoms with Gasteiger partial charge >= 0.3 is 0 Å². The Balaban J connectivity index is 1.51. The Morgan fingerprint density at radius 1 is 1.17 bits per heavy atom. The van der Waals surface area contributed by atoms with Crippen LogP contribution in [0.5, 0.6) is 5.75 Å². The Morgan fingerprint density at radius 3 is 2.69 bits per heavy atom.